The van der Waals surface area contributed by atoms with Crippen LogP contribution in [0.3, 0.4) is 0 Å². The lowest BCUT2D eigenvalue weighted by atomic mass is 9.86. The monoisotopic (exact) mass is 408 g/mol. The Hall–Kier alpha value is -2.47. The number of sulfone groups is 1. The zero-order valence-electron chi connectivity index (χ0n) is 16.2. The predicted octanol–water partition coefficient (Wildman–Crippen LogP) is 4.88. The van der Waals surface area contributed by atoms with Crippen molar-refractivity contribution >= 4 is 20.6 Å². The summed E-state index contributed by atoms with van der Waals surface area (Å²) < 4.78 is 38.4. The highest BCUT2D eigenvalue weighted by Crippen LogP contribution is 2.37. The Labute approximate surface area is 171 Å². The lowest BCUT2D eigenvalue weighted by molar-refractivity contribution is -0.107. The van der Waals surface area contributed by atoms with Crippen LogP contribution in [0.5, 0.6) is 0 Å². The van der Waals surface area contributed by atoms with Crippen molar-refractivity contribution in [2.45, 2.75) is 28.2 Å². The Kier molecular flexibility index (Phi) is 5.54. The molecule has 1 aliphatic heterocycles. The minimum absolute atomic E-state index is 0.276. The van der Waals surface area contributed by atoms with Crippen molar-refractivity contribution in [2.75, 3.05) is 19.8 Å². The molecule has 0 bridgehead atoms. The Morgan fingerprint density at radius 1 is 0.931 bits per heavy atom. The lowest BCUT2D eigenvalue weighted by Gasteiger charge is -2.37. The van der Waals surface area contributed by atoms with E-state index >= 15 is 0 Å². The molecule has 1 heterocycles. The molecule has 5 heteroatoms. The molecule has 1 fully saturated rings. The molecule has 3 aromatic rings. The Balaban J connectivity index is 1.75. The van der Waals surface area contributed by atoms with Crippen LogP contribution in [0.4, 0.5) is 0 Å². The van der Waals surface area contributed by atoms with Crippen LogP contribution in [-0.2, 0) is 24.9 Å². The minimum atomic E-state index is -3.65. The largest absolute Gasteiger partial charge is 0.381 e. The van der Waals surface area contributed by atoms with E-state index < -0.39 is 15.4 Å². The van der Waals surface area contributed by atoms with Crippen LogP contribution in [0.1, 0.15) is 18.4 Å². The summed E-state index contributed by atoms with van der Waals surface area (Å²) in [7, 11) is -3.65. The second kappa shape index (κ2) is 8.11. The van der Waals surface area contributed by atoms with Gasteiger partial charge in [0.05, 0.1) is 22.0 Å². The van der Waals surface area contributed by atoms with E-state index in [1.807, 2.05) is 36.4 Å². The van der Waals surface area contributed by atoms with Crippen LogP contribution in [-0.4, -0.2) is 28.2 Å². The standard InChI is InChI=1S/C24H24O4S/c1-2-14-28-24(12-15-27-16-13-24)21-8-5-9-22(18-21)29(25,26)23-11-10-19-6-3-4-7-20(19)17-23/h2-11,17-18H,1,12-16H2. The van der Waals surface area contributed by atoms with Crippen LogP contribution >= 0.6 is 0 Å². The molecule has 4 rings (SSSR count). The van der Waals surface area contributed by atoms with Gasteiger partial charge in [0.15, 0.2) is 0 Å². The molecular weight excluding hydrogens is 384 g/mol. The minimum Gasteiger partial charge on any atom is -0.381 e. The molecular formula is C24H24O4S. The topological polar surface area (TPSA) is 52.6 Å². The average Bonchev–Trinajstić information content (AvgIpc) is 2.78. The molecule has 0 spiro atoms. The van der Waals surface area contributed by atoms with Crippen molar-refractivity contribution in [2.24, 2.45) is 0 Å². The summed E-state index contributed by atoms with van der Waals surface area (Å²) in [6.45, 7) is 5.31. The summed E-state index contributed by atoms with van der Waals surface area (Å²) in [4.78, 5) is 0.569. The average molecular weight is 409 g/mol. The van der Waals surface area contributed by atoms with Gasteiger partial charge in [-0.1, -0.05) is 48.5 Å². The molecule has 3 aromatic carbocycles. The van der Waals surface area contributed by atoms with E-state index in [-0.39, 0.29) is 4.90 Å². The third-order valence-electron chi connectivity index (χ3n) is 5.48. The van der Waals surface area contributed by atoms with E-state index in [1.54, 1.807) is 36.4 Å². The van der Waals surface area contributed by atoms with Crippen LogP contribution in [0, 0.1) is 0 Å². The van der Waals surface area contributed by atoms with Crippen LogP contribution < -0.4 is 0 Å². The van der Waals surface area contributed by atoms with Crippen molar-refractivity contribution in [3.63, 3.8) is 0 Å². The molecule has 0 saturated carbocycles. The SMILES string of the molecule is C=CCOC1(c2cccc(S(=O)(=O)c3ccc4ccccc4c3)c2)CCOCC1. The highest BCUT2D eigenvalue weighted by Gasteiger charge is 2.36. The molecule has 150 valence electrons. The molecule has 0 atom stereocenters. The van der Waals surface area contributed by atoms with Gasteiger partial charge in [-0.15, -0.1) is 6.58 Å². The van der Waals surface area contributed by atoms with Gasteiger partial charge in [0.1, 0.15) is 0 Å². The highest BCUT2D eigenvalue weighted by atomic mass is 32.2. The predicted molar refractivity (Wildman–Crippen MR) is 114 cm³/mol. The molecule has 0 unspecified atom stereocenters. The maximum atomic E-state index is 13.3. The third kappa shape index (κ3) is 3.86. The smallest absolute Gasteiger partial charge is 0.206 e. The van der Waals surface area contributed by atoms with Gasteiger partial charge in [0.2, 0.25) is 9.84 Å². The first-order valence-corrected chi connectivity index (χ1v) is 11.2. The Morgan fingerprint density at radius 3 is 2.41 bits per heavy atom. The van der Waals surface area contributed by atoms with Crippen molar-refractivity contribution in [3.8, 4) is 0 Å². The van der Waals surface area contributed by atoms with E-state index in [0.29, 0.717) is 37.6 Å². The lowest BCUT2D eigenvalue weighted by Crippen LogP contribution is -2.36. The van der Waals surface area contributed by atoms with Gasteiger partial charge in [0.25, 0.3) is 0 Å². The van der Waals surface area contributed by atoms with E-state index in [0.717, 1.165) is 16.3 Å². The fourth-order valence-electron chi connectivity index (χ4n) is 3.85. The fourth-order valence-corrected chi connectivity index (χ4v) is 5.19. The van der Waals surface area contributed by atoms with E-state index in [9.17, 15) is 8.42 Å². The van der Waals surface area contributed by atoms with E-state index in [4.69, 9.17) is 9.47 Å². The van der Waals surface area contributed by atoms with Gasteiger partial charge >= 0.3 is 0 Å². The van der Waals surface area contributed by atoms with Gasteiger partial charge in [-0.3, -0.25) is 0 Å². The third-order valence-corrected chi connectivity index (χ3v) is 7.23. The van der Waals surface area contributed by atoms with Gasteiger partial charge < -0.3 is 9.47 Å². The second-order valence-electron chi connectivity index (χ2n) is 7.25. The van der Waals surface area contributed by atoms with Gasteiger partial charge in [-0.05, 0) is 40.6 Å². The fraction of sp³-hybridized carbons (Fsp3) is 0.250. The zero-order valence-corrected chi connectivity index (χ0v) is 17.0. The molecule has 0 N–H and O–H groups in total. The number of fused-ring (bicyclic) bond motifs is 1. The van der Waals surface area contributed by atoms with Crippen LogP contribution in [0.2, 0.25) is 0 Å². The summed E-state index contributed by atoms with van der Waals surface area (Å²) in [6.07, 6.45) is 3.08. The molecule has 0 aromatic heterocycles. The van der Waals surface area contributed by atoms with Crippen LogP contribution in [0.25, 0.3) is 10.8 Å². The van der Waals surface area contributed by atoms with E-state index in [2.05, 4.69) is 6.58 Å². The molecule has 0 aliphatic carbocycles. The molecule has 0 amide bonds. The molecule has 1 aliphatic rings. The first-order valence-electron chi connectivity index (χ1n) is 9.72. The van der Waals surface area contributed by atoms with Crippen molar-refractivity contribution in [1.82, 2.24) is 0 Å². The van der Waals surface area contributed by atoms with Crippen LogP contribution in [0.15, 0.2) is 89.2 Å². The molecule has 29 heavy (non-hydrogen) atoms. The normalized spacial score (nSPS) is 16.6. The maximum absolute atomic E-state index is 13.3. The van der Waals surface area contributed by atoms with Crippen molar-refractivity contribution in [1.29, 1.82) is 0 Å². The number of benzene rings is 3. The van der Waals surface area contributed by atoms with E-state index in [1.165, 1.54) is 0 Å². The number of hydrogen-bond acceptors (Lipinski definition) is 4. The first-order chi connectivity index (χ1) is 14.0. The number of hydrogen-bond donors (Lipinski definition) is 0. The van der Waals surface area contributed by atoms with Crippen molar-refractivity contribution < 1.29 is 17.9 Å². The Bertz CT molecular complexity index is 1130. The quantitative estimate of drug-likeness (QED) is 0.546. The van der Waals surface area contributed by atoms with Crippen molar-refractivity contribution in [3.05, 3.63) is 84.9 Å². The second-order valence-corrected chi connectivity index (χ2v) is 9.20. The van der Waals surface area contributed by atoms with Gasteiger partial charge in [0, 0.05) is 26.1 Å². The summed E-state index contributed by atoms with van der Waals surface area (Å²) in [5.74, 6) is 0. The van der Waals surface area contributed by atoms with Gasteiger partial charge in [-0.2, -0.15) is 0 Å². The zero-order chi connectivity index (χ0) is 20.3. The molecule has 1 saturated heterocycles. The Morgan fingerprint density at radius 2 is 1.66 bits per heavy atom. The summed E-state index contributed by atoms with van der Waals surface area (Å²) in [5, 5.41) is 1.92. The summed E-state index contributed by atoms with van der Waals surface area (Å²) in [5.41, 5.74) is 0.311. The first kappa shape index (κ1) is 19.8. The highest BCUT2D eigenvalue weighted by molar-refractivity contribution is 7.91. The summed E-state index contributed by atoms with van der Waals surface area (Å²) in [6, 6.07) is 20.1. The number of rotatable bonds is 6. The maximum Gasteiger partial charge on any atom is 0.206 e. The number of ether oxygens (including phenoxy) is 2. The van der Waals surface area contributed by atoms with Gasteiger partial charge in [-0.25, -0.2) is 8.42 Å². The summed E-state index contributed by atoms with van der Waals surface area (Å²) >= 11 is 0. The molecule has 4 nitrogen and oxygen atoms in total. The molecule has 0 radical (unpaired) electrons.